The molecule has 0 radical (unpaired) electrons. The van der Waals surface area contributed by atoms with Crippen LogP contribution in [0.25, 0.3) is 0 Å². The Kier molecular flexibility index (Phi) is 4.79. The van der Waals surface area contributed by atoms with Crippen LogP contribution < -0.4 is 10.6 Å². The largest absolute Gasteiger partial charge is 0.381 e. The minimum absolute atomic E-state index is 0.117. The van der Waals surface area contributed by atoms with Gasteiger partial charge in [-0.15, -0.1) is 0 Å². The van der Waals surface area contributed by atoms with Crippen LogP contribution >= 0.6 is 23.2 Å². The van der Waals surface area contributed by atoms with Gasteiger partial charge in [0.1, 0.15) is 0 Å². The fourth-order valence-corrected chi connectivity index (χ4v) is 1.76. The lowest BCUT2D eigenvalue weighted by molar-refractivity contribution is -0.384. The third kappa shape index (κ3) is 3.23. The molecule has 1 aromatic carbocycles. The van der Waals surface area contributed by atoms with Crippen LogP contribution in [0.15, 0.2) is 12.1 Å². The second-order valence-electron chi connectivity index (χ2n) is 3.07. The number of nitro benzene ring substituents is 1. The van der Waals surface area contributed by atoms with E-state index in [1.807, 2.05) is 7.05 Å². The molecule has 0 aromatic heterocycles. The van der Waals surface area contributed by atoms with E-state index in [2.05, 4.69) is 10.6 Å². The van der Waals surface area contributed by atoms with Gasteiger partial charge in [-0.2, -0.15) is 0 Å². The third-order valence-electron chi connectivity index (χ3n) is 1.91. The molecule has 0 aliphatic heterocycles. The van der Waals surface area contributed by atoms with Gasteiger partial charge >= 0.3 is 0 Å². The first kappa shape index (κ1) is 13.0. The van der Waals surface area contributed by atoms with Gasteiger partial charge in [0.25, 0.3) is 5.69 Å². The summed E-state index contributed by atoms with van der Waals surface area (Å²) in [5.41, 5.74) is 0.401. The Hall–Kier alpha value is -1.04. The van der Waals surface area contributed by atoms with E-state index in [9.17, 15) is 10.1 Å². The van der Waals surface area contributed by atoms with Gasteiger partial charge in [-0.1, -0.05) is 23.2 Å². The van der Waals surface area contributed by atoms with Crippen molar-refractivity contribution in [3.63, 3.8) is 0 Å². The molecule has 1 rings (SSSR count). The monoisotopic (exact) mass is 263 g/mol. The zero-order valence-electron chi connectivity index (χ0n) is 8.59. The Balaban J connectivity index is 2.89. The number of rotatable bonds is 5. The van der Waals surface area contributed by atoms with Gasteiger partial charge < -0.3 is 10.6 Å². The van der Waals surface area contributed by atoms with Crippen LogP contribution in [0, 0.1) is 10.1 Å². The summed E-state index contributed by atoms with van der Waals surface area (Å²) >= 11 is 11.8. The second kappa shape index (κ2) is 5.89. The number of nitrogens with zero attached hydrogens (tertiary/aromatic N) is 1. The van der Waals surface area contributed by atoms with Gasteiger partial charge in [0.15, 0.2) is 0 Å². The van der Waals surface area contributed by atoms with E-state index in [4.69, 9.17) is 23.2 Å². The molecule has 0 bridgehead atoms. The lowest BCUT2D eigenvalue weighted by atomic mass is 10.2. The standard InChI is InChI=1S/C9H11Cl2N3O2/c1-12-2-3-13-9-7(10)4-6(14(15)16)5-8(9)11/h4-5,12-13H,2-3H2,1H3. The topological polar surface area (TPSA) is 67.2 Å². The summed E-state index contributed by atoms with van der Waals surface area (Å²) in [6.45, 7) is 1.37. The maximum absolute atomic E-state index is 10.5. The van der Waals surface area contributed by atoms with E-state index in [0.29, 0.717) is 12.2 Å². The highest BCUT2D eigenvalue weighted by Gasteiger charge is 2.13. The normalized spacial score (nSPS) is 10.2. The fraction of sp³-hybridized carbons (Fsp3) is 0.333. The first-order valence-electron chi connectivity index (χ1n) is 4.58. The van der Waals surface area contributed by atoms with Gasteiger partial charge in [0.05, 0.1) is 20.7 Å². The molecule has 0 aliphatic rings. The molecule has 16 heavy (non-hydrogen) atoms. The van der Waals surface area contributed by atoms with Crippen LogP contribution in [0.4, 0.5) is 11.4 Å². The van der Waals surface area contributed by atoms with Crippen molar-refractivity contribution >= 4 is 34.6 Å². The van der Waals surface area contributed by atoms with Crippen molar-refractivity contribution < 1.29 is 4.92 Å². The summed E-state index contributed by atoms with van der Waals surface area (Å²) < 4.78 is 0. The van der Waals surface area contributed by atoms with E-state index in [1.54, 1.807) is 0 Å². The van der Waals surface area contributed by atoms with Gasteiger partial charge in [-0.25, -0.2) is 0 Å². The minimum Gasteiger partial charge on any atom is -0.381 e. The van der Waals surface area contributed by atoms with E-state index < -0.39 is 4.92 Å². The highest BCUT2D eigenvalue weighted by molar-refractivity contribution is 6.39. The van der Waals surface area contributed by atoms with Crippen molar-refractivity contribution in [3.8, 4) is 0 Å². The molecule has 5 nitrogen and oxygen atoms in total. The molecule has 1 aromatic rings. The predicted octanol–water partition coefficient (Wildman–Crippen LogP) is 2.53. The Bertz CT molecular complexity index is 375. The summed E-state index contributed by atoms with van der Waals surface area (Å²) in [5.74, 6) is 0. The van der Waals surface area contributed by atoms with Crippen molar-refractivity contribution in [1.82, 2.24) is 5.32 Å². The molecule has 0 atom stereocenters. The Labute approximate surface area is 103 Å². The molecule has 0 aliphatic carbocycles. The van der Waals surface area contributed by atoms with Crippen molar-refractivity contribution in [3.05, 3.63) is 32.3 Å². The molecule has 7 heteroatoms. The molecule has 0 fully saturated rings. The van der Waals surface area contributed by atoms with Crippen molar-refractivity contribution in [2.45, 2.75) is 0 Å². The van der Waals surface area contributed by atoms with Crippen LogP contribution in [0.3, 0.4) is 0 Å². The van der Waals surface area contributed by atoms with E-state index in [1.165, 1.54) is 12.1 Å². The number of nitro groups is 1. The maximum Gasteiger partial charge on any atom is 0.272 e. The SMILES string of the molecule is CNCCNc1c(Cl)cc([N+](=O)[O-])cc1Cl. The zero-order chi connectivity index (χ0) is 12.1. The van der Waals surface area contributed by atoms with Gasteiger partial charge in [-0.05, 0) is 7.05 Å². The molecule has 88 valence electrons. The quantitative estimate of drug-likeness (QED) is 0.487. The molecule has 0 unspecified atom stereocenters. The van der Waals surface area contributed by atoms with Crippen molar-refractivity contribution in [2.75, 3.05) is 25.5 Å². The smallest absolute Gasteiger partial charge is 0.272 e. The molecule has 0 saturated heterocycles. The highest BCUT2D eigenvalue weighted by atomic mass is 35.5. The number of halogens is 2. The van der Waals surface area contributed by atoms with Crippen LogP contribution in [-0.4, -0.2) is 25.1 Å². The molecule has 0 heterocycles. The van der Waals surface area contributed by atoms with Crippen molar-refractivity contribution in [2.24, 2.45) is 0 Å². The average molecular weight is 264 g/mol. The first-order chi connectivity index (χ1) is 7.56. The van der Waals surface area contributed by atoms with Gasteiger partial charge in [0, 0.05) is 25.2 Å². The number of likely N-dealkylation sites (N-methyl/N-ethyl adjacent to an activating group) is 1. The summed E-state index contributed by atoms with van der Waals surface area (Å²) in [7, 11) is 1.82. The maximum atomic E-state index is 10.5. The second-order valence-corrected chi connectivity index (χ2v) is 3.89. The van der Waals surface area contributed by atoms with Crippen LogP contribution in [0.2, 0.25) is 10.0 Å². The van der Waals surface area contributed by atoms with E-state index >= 15 is 0 Å². The summed E-state index contributed by atoms with van der Waals surface area (Å²) in [5, 5.41) is 17.0. The predicted molar refractivity (Wildman–Crippen MR) is 65.5 cm³/mol. The number of hydrogen-bond acceptors (Lipinski definition) is 4. The lowest BCUT2D eigenvalue weighted by Crippen LogP contribution is -2.18. The summed E-state index contributed by atoms with van der Waals surface area (Å²) in [6.07, 6.45) is 0. The average Bonchev–Trinajstić information content (AvgIpc) is 2.21. The number of nitrogens with one attached hydrogen (secondary N) is 2. The van der Waals surface area contributed by atoms with Gasteiger partial charge in [-0.3, -0.25) is 10.1 Å². The Morgan fingerprint density at radius 1 is 1.31 bits per heavy atom. The van der Waals surface area contributed by atoms with E-state index in [-0.39, 0.29) is 15.7 Å². The minimum atomic E-state index is -0.533. The molecular weight excluding hydrogens is 253 g/mol. The van der Waals surface area contributed by atoms with Crippen LogP contribution in [0.1, 0.15) is 0 Å². The Morgan fingerprint density at radius 2 is 1.88 bits per heavy atom. The number of non-ortho nitro benzene ring substituents is 1. The van der Waals surface area contributed by atoms with E-state index in [0.717, 1.165) is 6.54 Å². The molecule has 2 N–H and O–H groups in total. The number of anilines is 1. The number of benzene rings is 1. The van der Waals surface area contributed by atoms with Crippen molar-refractivity contribution in [1.29, 1.82) is 0 Å². The zero-order valence-corrected chi connectivity index (χ0v) is 10.1. The lowest BCUT2D eigenvalue weighted by Gasteiger charge is -2.09. The summed E-state index contributed by atoms with van der Waals surface area (Å²) in [6, 6.07) is 2.55. The first-order valence-corrected chi connectivity index (χ1v) is 5.33. The van der Waals surface area contributed by atoms with Gasteiger partial charge in [0.2, 0.25) is 0 Å². The molecular formula is C9H11Cl2N3O2. The number of hydrogen-bond donors (Lipinski definition) is 2. The summed E-state index contributed by atoms with van der Waals surface area (Å²) in [4.78, 5) is 10.0. The third-order valence-corrected chi connectivity index (χ3v) is 2.51. The van der Waals surface area contributed by atoms with Crippen LogP contribution in [0.5, 0.6) is 0 Å². The molecule has 0 saturated carbocycles. The molecule has 0 spiro atoms. The fourth-order valence-electron chi connectivity index (χ4n) is 1.15. The van der Waals surface area contributed by atoms with Crippen LogP contribution in [-0.2, 0) is 0 Å². The highest BCUT2D eigenvalue weighted by Crippen LogP contribution is 2.34. The molecule has 0 amide bonds. The Morgan fingerprint density at radius 3 is 2.31 bits per heavy atom.